The summed E-state index contributed by atoms with van der Waals surface area (Å²) in [5.41, 5.74) is 2.24. The van der Waals surface area contributed by atoms with Gasteiger partial charge in [0.2, 0.25) is 0 Å². The van der Waals surface area contributed by atoms with Crippen LogP contribution >= 0.6 is 11.6 Å². The van der Waals surface area contributed by atoms with E-state index in [1.807, 2.05) is 25.1 Å². The highest BCUT2D eigenvalue weighted by atomic mass is 35.5. The first-order valence-corrected chi connectivity index (χ1v) is 5.37. The Morgan fingerprint density at radius 3 is 2.79 bits per heavy atom. The molecular formula is C13H15Cl. The lowest BCUT2D eigenvalue weighted by atomic mass is 10.1. The van der Waals surface area contributed by atoms with E-state index in [1.54, 1.807) is 0 Å². The SMILES string of the molecule is CCCCC#Cc1ccc(Cl)cc1C. The Morgan fingerprint density at radius 2 is 2.14 bits per heavy atom. The lowest BCUT2D eigenvalue weighted by Crippen LogP contribution is -1.81. The highest BCUT2D eigenvalue weighted by Gasteiger charge is 1.94. The number of hydrogen-bond acceptors (Lipinski definition) is 0. The Labute approximate surface area is 91.3 Å². The van der Waals surface area contributed by atoms with Gasteiger partial charge in [0.25, 0.3) is 0 Å². The molecule has 0 nitrogen and oxygen atoms in total. The smallest absolute Gasteiger partial charge is 0.0409 e. The van der Waals surface area contributed by atoms with E-state index in [1.165, 1.54) is 12.8 Å². The van der Waals surface area contributed by atoms with Gasteiger partial charge in [-0.15, -0.1) is 0 Å². The number of aryl methyl sites for hydroxylation is 1. The lowest BCUT2D eigenvalue weighted by molar-refractivity contribution is 0.828. The van der Waals surface area contributed by atoms with E-state index in [0.29, 0.717) is 0 Å². The average Bonchev–Trinajstić information content (AvgIpc) is 2.15. The van der Waals surface area contributed by atoms with Gasteiger partial charge in [-0.2, -0.15) is 0 Å². The van der Waals surface area contributed by atoms with Gasteiger partial charge in [-0.05, 0) is 37.1 Å². The summed E-state index contributed by atoms with van der Waals surface area (Å²) < 4.78 is 0. The van der Waals surface area contributed by atoms with E-state index < -0.39 is 0 Å². The number of hydrogen-bond donors (Lipinski definition) is 0. The number of halogens is 1. The van der Waals surface area contributed by atoms with Gasteiger partial charge in [-0.25, -0.2) is 0 Å². The van der Waals surface area contributed by atoms with Crippen LogP contribution in [0.5, 0.6) is 0 Å². The van der Waals surface area contributed by atoms with Gasteiger partial charge in [0.05, 0.1) is 0 Å². The summed E-state index contributed by atoms with van der Waals surface area (Å²) in [6.07, 6.45) is 3.37. The van der Waals surface area contributed by atoms with Gasteiger partial charge in [0, 0.05) is 17.0 Å². The molecule has 1 aromatic rings. The van der Waals surface area contributed by atoms with Crippen LogP contribution in [0.15, 0.2) is 18.2 Å². The largest absolute Gasteiger partial charge is 0.0979 e. The molecule has 74 valence electrons. The van der Waals surface area contributed by atoms with Gasteiger partial charge in [-0.3, -0.25) is 0 Å². The van der Waals surface area contributed by atoms with Crippen molar-refractivity contribution in [3.63, 3.8) is 0 Å². The third kappa shape index (κ3) is 3.44. The van der Waals surface area contributed by atoms with Crippen molar-refractivity contribution in [2.24, 2.45) is 0 Å². The van der Waals surface area contributed by atoms with Crippen molar-refractivity contribution in [2.45, 2.75) is 33.1 Å². The Hall–Kier alpha value is -0.930. The van der Waals surface area contributed by atoms with Crippen LogP contribution in [0, 0.1) is 18.8 Å². The molecule has 0 radical (unpaired) electrons. The second kappa shape index (κ2) is 5.73. The molecule has 0 amide bonds. The minimum Gasteiger partial charge on any atom is -0.0979 e. The summed E-state index contributed by atoms with van der Waals surface area (Å²) in [5.74, 6) is 6.34. The van der Waals surface area contributed by atoms with Crippen molar-refractivity contribution < 1.29 is 0 Å². The quantitative estimate of drug-likeness (QED) is 0.503. The average molecular weight is 207 g/mol. The maximum Gasteiger partial charge on any atom is 0.0409 e. The predicted molar refractivity (Wildman–Crippen MR) is 62.6 cm³/mol. The molecule has 0 saturated carbocycles. The molecule has 0 unspecified atom stereocenters. The molecule has 0 aromatic heterocycles. The maximum atomic E-state index is 5.85. The molecule has 0 saturated heterocycles. The molecule has 14 heavy (non-hydrogen) atoms. The second-order valence-electron chi connectivity index (χ2n) is 3.36. The minimum absolute atomic E-state index is 0.779. The molecule has 0 aliphatic rings. The first kappa shape index (κ1) is 11.1. The third-order valence-corrected chi connectivity index (χ3v) is 2.30. The Bertz CT molecular complexity index is 355. The maximum absolute atomic E-state index is 5.85. The van der Waals surface area contributed by atoms with Crippen molar-refractivity contribution in [3.05, 3.63) is 34.3 Å². The van der Waals surface area contributed by atoms with Crippen molar-refractivity contribution in [3.8, 4) is 11.8 Å². The Balaban J connectivity index is 2.70. The highest BCUT2D eigenvalue weighted by molar-refractivity contribution is 6.30. The van der Waals surface area contributed by atoms with Gasteiger partial charge < -0.3 is 0 Å². The van der Waals surface area contributed by atoms with Gasteiger partial charge in [-0.1, -0.05) is 36.8 Å². The molecule has 0 aliphatic heterocycles. The number of unbranched alkanes of at least 4 members (excludes halogenated alkanes) is 2. The molecule has 1 rings (SSSR count). The molecule has 0 heterocycles. The van der Waals surface area contributed by atoms with Crippen molar-refractivity contribution in [1.29, 1.82) is 0 Å². The lowest BCUT2D eigenvalue weighted by Gasteiger charge is -1.97. The van der Waals surface area contributed by atoms with Crippen LogP contribution in [0.25, 0.3) is 0 Å². The van der Waals surface area contributed by atoms with Gasteiger partial charge in [0.1, 0.15) is 0 Å². The fourth-order valence-electron chi connectivity index (χ4n) is 1.19. The van der Waals surface area contributed by atoms with Crippen molar-refractivity contribution in [1.82, 2.24) is 0 Å². The van der Waals surface area contributed by atoms with E-state index in [9.17, 15) is 0 Å². The van der Waals surface area contributed by atoms with Crippen LogP contribution < -0.4 is 0 Å². The monoisotopic (exact) mass is 206 g/mol. The summed E-state index contributed by atoms with van der Waals surface area (Å²) in [4.78, 5) is 0. The fraction of sp³-hybridized carbons (Fsp3) is 0.385. The first-order valence-electron chi connectivity index (χ1n) is 4.99. The molecule has 0 N–H and O–H groups in total. The van der Waals surface area contributed by atoms with Crippen molar-refractivity contribution >= 4 is 11.6 Å². The Morgan fingerprint density at radius 1 is 1.36 bits per heavy atom. The molecule has 1 heteroatoms. The van der Waals surface area contributed by atoms with Crippen LogP contribution in [0.4, 0.5) is 0 Å². The van der Waals surface area contributed by atoms with Crippen LogP contribution in [-0.4, -0.2) is 0 Å². The predicted octanol–water partition coefficient (Wildman–Crippen LogP) is 4.19. The number of benzene rings is 1. The molecular weight excluding hydrogens is 192 g/mol. The van der Waals surface area contributed by atoms with E-state index in [2.05, 4.69) is 18.8 Å². The molecule has 0 aliphatic carbocycles. The molecule has 0 spiro atoms. The third-order valence-electron chi connectivity index (χ3n) is 2.07. The fourth-order valence-corrected chi connectivity index (χ4v) is 1.42. The summed E-state index contributed by atoms with van der Waals surface area (Å²) in [6.45, 7) is 4.21. The molecule has 0 fully saturated rings. The topological polar surface area (TPSA) is 0 Å². The van der Waals surface area contributed by atoms with Gasteiger partial charge >= 0.3 is 0 Å². The summed E-state index contributed by atoms with van der Waals surface area (Å²) in [7, 11) is 0. The zero-order valence-electron chi connectivity index (χ0n) is 8.73. The van der Waals surface area contributed by atoms with Crippen molar-refractivity contribution in [2.75, 3.05) is 0 Å². The van der Waals surface area contributed by atoms with Crippen LogP contribution in [0.1, 0.15) is 37.3 Å². The van der Waals surface area contributed by atoms with E-state index >= 15 is 0 Å². The van der Waals surface area contributed by atoms with E-state index in [0.717, 1.165) is 22.6 Å². The van der Waals surface area contributed by atoms with Crippen LogP contribution in [0.2, 0.25) is 5.02 Å². The molecule has 0 atom stereocenters. The molecule has 1 aromatic carbocycles. The normalized spacial score (nSPS) is 9.36. The first-order chi connectivity index (χ1) is 6.74. The number of rotatable bonds is 2. The standard InChI is InChI=1S/C13H15Cl/c1-3-4-5-6-7-12-8-9-13(14)10-11(12)2/h8-10H,3-5H2,1-2H3. The zero-order chi connectivity index (χ0) is 10.4. The summed E-state index contributed by atoms with van der Waals surface area (Å²) in [5, 5.41) is 0.779. The van der Waals surface area contributed by atoms with Crippen LogP contribution in [0.3, 0.4) is 0 Å². The second-order valence-corrected chi connectivity index (χ2v) is 3.80. The molecule has 0 bridgehead atoms. The highest BCUT2D eigenvalue weighted by Crippen LogP contribution is 2.14. The van der Waals surface area contributed by atoms with E-state index in [4.69, 9.17) is 11.6 Å². The zero-order valence-corrected chi connectivity index (χ0v) is 9.49. The Kier molecular flexibility index (Phi) is 4.56. The van der Waals surface area contributed by atoms with Gasteiger partial charge in [0.15, 0.2) is 0 Å². The summed E-state index contributed by atoms with van der Waals surface area (Å²) >= 11 is 5.85. The van der Waals surface area contributed by atoms with E-state index in [-0.39, 0.29) is 0 Å². The summed E-state index contributed by atoms with van der Waals surface area (Å²) in [6, 6.07) is 5.82. The minimum atomic E-state index is 0.779. The van der Waals surface area contributed by atoms with Crippen LogP contribution in [-0.2, 0) is 0 Å².